The first-order chi connectivity index (χ1) is 3.48. The fourth-order valence-corrected chi connectivity index (χ4v) is 0.388. The Morgan fingerprint density at radius 2 is 1.88 bits per heavy atom. The van der Waals surface area contributed by atoms with Crippen molar-refractivity contribution in [2.75, 3.05) is 0 Å². The predicted octanol–water partition coefficient (Wildman–Crippen LogP) is 0.175. The van der Waals surface area contributed by atoms with Crippen LogP contribution in [0.1, 0.15) is 0 Å². The van der Waals surface area contributed by atoms with Gasteiger partial charge >= 0.3 is 56.1 Å². The predicted molar refractivity (Wildman–Crippen MR) is 17.9 cm³/mol. The third-order valence-electron chi connectivity index (χ3n) is 0.324. The minimum absolute atomic E-state index is 0.0982. The summed E-state index contributed by atoms with van der Waals surface area (Å²) in [6.07, 6.45) is -4.83. The van der Waals surface area contributed by atoms with Gasteiger partial charge in [-0.3, -0.25) is 0 Å². The van der Waals surface area contributed by atoms with Crippen molar-refractivity contribution in [2.24, 2.45) is 0 Å². The van der Waals surface area contributed by atoms with Gasteiger partial charge in [0, 0.05) is 0 Å². The average Bonchev–Trinajstić information content (AvgIpc) is 1.62. The van der Waals surface area contributed by atoms with Crippen LogP contribution in [0.2, 0.25) is 0 Å². The third-order valence-corrected chi connectivity index (χ3v) is 0.853. The van der Waals surface area contributed by atoms with Crippen LogP contribution in [0, 0.1) is 0 Å². The van der Waals surface area contributed by atoms with Gasteiger partial charge in [-0.1, -0.05) is 0 Å². The Morgan fingerprint density at radius 1 is 1.50 bits per heavy atom. The molecule has 0 aliphatic rings. The van der Waals surface area contributed by atoms with E-state index in [4.69, 9.17) is 0 Å². The molecule has 45 valence electrons. The molecule has 8 heavy (non-hydrogen) atoms. The van der Waals surface area contributed by atoms with Gasteiger partial charge in [0.15, 0.2) is 0 Å². The van der Waals surface area contributed by atoms with Gasteiger partial charge < -0.3 is 0 Å². The van der Waals surface area contributed by atoms with Gasteiger partial charge in [-0.05, 0) is 0 Å². The van der Waals surface area contributed by atoms with E-state index in [1.165, 1.54) is 0 Å². The summed E-state index contributed by atoms with van der Waals surface area (Å²) in [4.78, 5) is 9.51. The van der Waals surface area contributed by atoms with Crippen molar-refractivity contribution in [3.63, 3.8) is 0 Å². The third kappa shape index (κ3) is 2.39. The summed E-state index contributed by atoms with van der Waals surface area (Å²) in [5.74, 6) is -2.13. The van der Waals surface area contributed by atoms with Crippen molar-refractivity contribution in [1.82, 2.24) is 0 Å². The Kier molecular flexibility index (Phi) is 2.58. The molecule has 0 unspecified atom stereocenters. The monoisotopic (exact) mass is 233 g/mol. The minimum atomic E-state index is -4.83. The van der Waals surface area contributed by atoms with Crippen molar-refractivity contribution in [2.45, 2.75) is 6.18 Å². The molecule has 0 N–H and O–H groups in total. The van der Waals surface area contributed by atoms with Gasteiger partial charge in [-0.15, -0.1) is 0 Å². The number of alkyl halides is 3. The first-order valence-corrected chi connectivity index (χ1v) is 2.59. The molecule has 0 aromatic heterocycles. The Bertz CT molecular complexity index is 97.9. The summed E-state index contributed by atoms with van der Waals surface area (Å²) in [7, 11) is 0. The summed E-state index contributed by atoms with van der Waals surface area (Å²) in [6, 6.07) is 0. The Morgan fingerprint density at radius 3 is 1.88 bits per heavy atom. The molecule has 0 aromatic rings. The second-order valence-electron chi connectivity index (χ2n) is 0.887. The Labute approximate surface area is 56.6 Å². The van der Waals surface area contributed by atoms with Crippen molar-refractivity contribution >= 4 is 28.9 Å². The summed E-state index contributed by atoms with van der Waals surface area (Å²) < 4.78 is 36.4. The zero-order chi connectivity index (χ0) is 6.78. The number of hydrogen-bond donors (Lipinski definition) is 0. The summed E-state index contributed by atoms with van der Waals surface area (Å²) in [5, 5.41) is 0. The molecule has 0 heterocycles. The molecule has 0 bridgehead atoms. The number of carbonyl (C=O) groups is 1. The number of hydrogen-bond acceptors (Lipinski definition) is 2. The maximum atomic E-state index is 11.0. The molecule has 0 saturated heterocycles. The Hall–Kier alpha value is 0.0587. The van der Waals surface area contributed by atoms with E-state index in [-0.39, 0.29) is 22.9 Å². The molecule has 0 spiro atoms. The second kappa shape index (κ2) is 2.56. The molecule has 6 heteroatoms. The van der Waals surface area contributed by atoms with Crippen LogP contribution >= 0.6 is 0 Å². The molecule has 2 nitrogen and oxygen atoms in total. The zero-order valence-electron chi connectivity index (χ0n) is 3.45. The fourth-order valence-electron chi connectivity index (χ4n) is 0.0579. The van der Waals surface area contributed by atoms with E-state index >= 15 is 0 Å². The van der Waals surface area contributed by atoms with E-state index in [2.05, 4.69) is 3.07 Å². The normalized spacial score (nSPS) is 11.0. The average molecular weight is 232 g/mol. The van der Waals surface area contributed by atoms with Crippen molar-refractivity contribution in [3.8, 4) is 0 Å². The maximum absolute atomic E-state index is 11.0. The van der Waals surface area contributed by atoms with E-state index in [0.717, 1.165) is 0 Å². The van der Waals surface area contributed by atoms with Crippen molar-refractivity contribution in [3.05, 3.63) is 0 Å². The van der Waals surface area contributed by atoms with Crippen LogP contribution in [0.4, 0.5) is 13.2 Å². The topological polar surface area (TPSA) is 26.3 Å². The van der Waals surface area contributed by atoms with Crippen LogP contribution in [0.25, 0.3) is 0 Å². The zero-order valence-corrected chi connectivity index (χ0v) is 6.30. The van der Waals surface area contributed by atoms with Gasteiger partial charge in [0.25, 0.3) is 0 Å². The molecule has 0 saturated carbocycles. The first kappa shape index (κ1) is 8.06. The van der Waals surface area contributed by atoms with Crippen LogP contribution in [0.3, 0.4) is 0 Å². The Balaban J connectivity index is 3.82. The molecule has 0 atom stereocenters. The van der Waals surface area contributed by atoms with E-state index in [1.807, 2.05) is 0 Å². The van der Waals surface area contributed by atoms with Gasteiger partial charge in [0.05, 0.1) is 0 Å². The number of halogens is 3. The van der Waals surface area contributed by atoms with Gasteiger partial charge in [-0.2, -0.15) is 0 Å². The van der Waals surface area contributed by atoms with E-state index in [0.29, 0.717) is 0 Å². The molecule has 0 aliphatic carbocycles. The molecule has 0 amide bonds. The van der Waals surface area contributed by atoms with E-state index in [9.17, 15) is 18.0 Å². The summed E-state index contributed by atoms with van der Waals surface area (Å²) in [6.45, 7) is 0. The van der Waals surface area contributed by atoms with Gasteiger partial charge in [-0.25, -0.2) is 0 Å². The number of rotatable bonds is 0. The molecule has 0 rings (SSSR count). The van der Waals surface area contributed by atoms with Crippen LogP contribution in [-0.4, -0.2) is 35.1 Å². The van der Waals surface area contributed by atoms with Crippen LogP contribution < -0.4 is 0 Å². The van der Waals surface area contributed by atoms with E-state index < -0.39 is 12.1 Å². The molecular weight excluding hydrogens is 232 g/mol. The first-order valence-electron chi connectivity index (χ1n) is 1.43. The van der Waals surface area contributed by atoms with Crippen LogP contribution in [0.5, 0.6) is 0 Å². The van der Waals surface area contributed by atoms with E-state index in [1.54, 1.807) is 0 Å². The summed E-state index contributed by atoms with van der Waals surface area (Å²) >= 11 is 0.0982. The van der Waals surface area contributed by atoms with Crippen molar-refractivity contribution in [1.29, 1.82) is 0 Å². The fraction of sp³-hybridized carbons (Fsp3) is 0.500. The quantitative estimate of drug-likeness (QED) is 0.556. The van der Waals surface area contributed by atoms with Gasteiger partial charge in [0.1, 0.15) is 0 Å². The van der Waals surface area contributed by atoms with Crippen molar-refractivity contribution < 1.29 is 21.0 Å². The molecule has 0 aliphatic heterocycles. The second-order valence-corrected chi connectivity index (χ2v) is 1.47. The molecule has 0 fully saturated rings. The molecule has 3 radical (unpaired) electrons. The summed E-state index contributed by atoms with van der Waals surface area (Å²) in [5.41, 5.74) is 0. The van der Waals surface area contributed by atoms with Gasteiger partial charge in [0.2, 0.25) is 0 Å². The van der Waals surface area contributed by atoms with Crippen LogP contribution in [-0.2, 0) is 7.87 Å². The number of carbonyl (C=O) groups excluding carboxylic acids is 1. The van der Waals surface area contributed by atoms with Crippen LogP contribution in [0.15, 0.2) is 0 Å². The SMILES string of the molecule is O=C([O][Sn])C(F)(F)F. The molecule has 0 aromatic carbocycles. The standard InChI is InChI=1S/C2HF3O2.Sn/c3-2(4,5)1(6)7;/h(H,6,7);/q;+1/p-1. The molecular formula is C2F3O2Sn.